The summed E-state index contributed by atoms with van der Waals surface area (Å²) in [6.45, 7) is 7.27. The van der Waals surface area contributed by atoms with Crippen molar-refractivity contribution in [3.63, 3.8) is 0 Å². The molecule has 3 heteroatoms. The summed E-state index contributed by atoms with van der Waals surface area (Å²) in [5.74, 6) is 1.44. The van der Waals surface area contributed by atoms with Crippen molar-refractivity contribution in [1.82, 2.24) is 4.90 Å². The van der Waals surface area contributed by atoms with Crippen LogP contribution in [0.1, 0.15) is 56.7 Å². The zero-order valence-corrected chi connectivity index (χ0v) is 21.8. The molecule has 0 heterocycles. The van der Waals surface area contributed by atoms with Crippen LogP contribution in [0.15, 0.2) is 84.9 Å². The number of alkyl halides is 1. The number of hydrogen-bond donors (Lipinski definition) is 0. The summed E-state index contributed by atoms with van der Waals surface area (Å²) in [6, 6.07) is 30.6. The molecule has 0 amide bonds. The molecule has 0 bridgehead atoms. The summed E-state index contributed by atoms with van der Waals surface area (Å²) < 4.78 is 6.19. The molecule has 2 nitrogen and oxygen atoms in total. The maximum Gasteiger partial charge on any atom is 0.119 e. The molecule has 0 saturated carbocycles. The molecule has 0 aliphatic rings. The number of allylic oxidation sites excluding steroid dienone is 1. The number of ether oxygens (including phenoxy) is 1. The Bertz CT molecular complexity index is 1010. The standard InChI is InChI=1S/C31H38ClNO/c1-5-27(6-2)33(4)28(22-32)23-34-29-20-18-26(19-21-29)31(25-16-12-9-13-17-25)30(7-3)24-14-10-8-11-15-24/h8-21,27-28H,5-7,22-23H2,1-4H3/b31-30-. The Balaban J connectivity index is 1.87. The first-order chi connectivity index (χ1) is 16.6. The van der Waals surface area contributed by atoms with Gasteiger partial charge in [0.1, 0.15) is 12.4 Å². The minimum atomic E-state index is 0.191. The van der Waals surface area contributed by atoms with Gasteiger partial charge in [-0.1, -0.05) is 93.6 Å². The molecule has 0 aliphatic heterocycles. The van der Waals surface area contributed by atoms with Crippen molar-refractivity contribution in [3.05, 3.63) is 102 Å². The van der Waals surface area contributed by atoms with E-state index in [4.69, 9.17) is 16.3 Å². The molecule has 0 aromatic heterocycles. The summed E-state index contributed by atoms with van der Waals surface area (Å²) in [6.07, 6.45) is 3.18. The third-order valence-corrected chi connectivity index (χ3v) is 7.05. The summed E-state index contributed by atoms with van der Waals surface area (Å²) in [5.41, 5.74) is 6.30. The lowest BCUT2D eigenvalue weighted by Crippen LogP contribution is -2.44. The van der Waals surface area contributed by atoms with Gasteiger partial charge >= 0.3 is 0 Å². The normalized spacial score (nSPS) is 13.1. The lowest BCUT2D eigenvalue weighted by atomic mass is 9.88. The average Bonchev–Trinajstić information content (AvgIpc) is 2.90. The highest BCUT2D eigenvalue weighted by atomic mass is 35.5. The fraction of sp³-hybridized carbons (Fsp3) is 0.355. The maximum absolute atomic E-state index is 6.30. The lowest BCUT2D eigenvalue weighted by Gasteiger charge is -2.33. The van der Waals surface area contributed by atoms with Gasteiger partial charge in [-0.15, -0.1) is 11.6 Å². The molecule has 0 N–H and O–H groups in total. The van der Waals surface area contributed by atoms with Crippen LogP contribution in [-0.2, 0) is 0 Å². The van der Waals surface area contributed by atoms with Gasteiger partial charge in [0.25, 0.3) is 0 Å². The second-order valence-electron chi connectivity index (χ2n) is 8.72. The van der Waals surface area contributed by atoms with Crippen LogP contribution in [0.2, 0.25) is 0 Å². The predicted molar refractivity (Wildman–Crippen MR) is 148 cm³/mol. The van der Waals surface area contributed by atoms with E-state index in [2.05, 4.69) is 118 Å². The second-order valence-corrected chi connectivity index (χ2v) is 9.03. The summed E-state index contributed by atoms with van der Waals surface area (Å²) >= 11 is 6.30. The summed E-state index contributed by atoms with van der Waals surface area (Å²) in [5, 5.41) is 0. The number of benzene rings is 3. The van der Waals surface area contributed by atoms with E-state index in [-0.39, 0.29) is 6.04 Å². The number of rotatable bonds is 12. The fourth-order valence-corrected chi connectivity index (χ4v) is 4.94. The van der Waals surface area contributed by atoms with E-state index in [9.17, 15) is 0 Å². The molecule has 1 atom stereocenters. The first-order valence-corrected chi connectivity index (χ1v) is 13.0. The Morgan fingerprint density at radius 3 is 1.76 bits per heavy atom. The van der Waals surface area contributed by atoms with Gasteiger partial charge in [-0.05, 0) is 66.3 Å². The SMILES string of the molecule is CC/C(=C(\c1ccccc1)c1ccc(OCC(CCl)N(C)C(CC)CC)cc1)c1ccccc1. The summed E-state index contributed by atoms with van der Waals surface area (Å²) in [7, 11) is 2.16. The second kappa shape index (κ2) is 13.4. The van der Waals surface area contributed by atoms with Crippen molar-refractivity contribution in [2.75, 3.05) is 19.5 Å². The van der Waals surface area contributed by atoms with Gasteiger partial charge in [0, 0.05) is 11.9 Å². The van der Waals surface area contributed by atoms with Crippen LogP contribution in [0.3, 0.4) is 0 Å². The van der Waals surface area contributed by atoms with Crippen LogP contribution in [-0.4, -0.2) is 36.5 Å². The minimum Gasteiger partial charge on any atom is -0.492 e. The molecule has 0 radical (unpaired) electrons. The molecule has 3 aromatic carbocycles. The molecular weight excluding hydrogens is 438 g/mol. The van der Waals surface area contributed by atoms with Gasteiger partial charge in [-0.2, -0.15) is 0 Å². The zero-order chi connectivity index (χ0) is 24.3. The van der Waals surface area contributed by atoms with E-state index in [1.165, 1.54) is 27.8 Å². The quantitative estimate of drug-likeness (QED) is 0.193. The van der Waals surface area contributed by atoms with E-state index in [0.717, 1.165) is 25.0 Å². The molecule has 0 saturated heterocycles. The highest BCUT2D eigenvalue weighted by Crippen LogP contribution is 2.35. The van der Waals surface area contributed by atoms with Crippen molar-refractivity contribution >= 4 is 22.7 Å². The molecular formula is C31H38ClNO. The molecule has 34 heavy (non-hydrogen) atoms. The number of halogens is 1. The van der Waals surface area contributed by atoms with Gasteiger partial charge in [0.15, 0.2) is 0 Å². The zero-order valence-electron chi connectivity index (χ0n) is 21.0. The first-order valence-electron chi connectivity index (χ1n) is 12.5. The largest absolute Gasteiger partial charge is 0.492 e. The molecule has 0 fully saturated rings. The lowest BCUT2D eigenvalue weighted by molar-refractivity contribution is 0.127. The van der Waals surface area contributed by atoms with Crippen molar-refractivity contribution < 1.29 is 4.74 Å². The van der Waals surface area contributed by atoms with Crippen molar-refractivity contribution in [3.8, 4) is 5.75 Å². The van der Waals surface area contributed by atoms with Crippen molar-refractivity contribution in [2.24, 2.45) is 0 Å². The number of nitrogens with zero attached hydrogens (tertiary/aromatic N) is 1. The minimum absolute atomic E-state index is 0.191. The van der Waals surface area contributed by atoms with Crippen LogP contribution >= 0.6 is 11.6 Å². The molecule has 0 spiro atoms. The molecule has 1 unspecified atom stereocenters. The highest BCUT2D eigenvalue weighted by molar-refractivity contribution is 6.18. The predicted octanol–water partition coefficient (Wildman–Crippen LogP) is 8.16. The van der Waals surface area contributed by atoms with Crippen LogP contribution in [0.5, 0.6) is 5.75 Å². The first kappa shape index (κ1) is 26.1. The Hall–Kier alpha value is -2.55. The van der Waals surface area contributed by atoms with Gasteiger partial charge in [-0.25, -0.2) is 0 Å². The smallest absolute Gasteiger partial charge is 0.119 e. The number of hydrogen-bond acceptors (Lipinski definition) is 2. The van der Waals surface area contributed by atoms with E-state index in [1.54, 1.807) is 0 Å². The van der Waals surface area contributed by atoms with Crippen LogP contribution in [0.25, 0.3) is 11.1 Å². The number of likely N-dealkylation sites (N-methyl/N-ethyl adjacent to an activating group) is 1. The maximum atomic E-state index is 6.30. The Morgan fingerprint density at radius 2 is 1.26 bits per heavy atom. The third kappa shape index (κ3) is 6.52. The monoisotopic (exact) mass is 475 g/mol. The average molecular weight is 476 g/mol. The van der Waals surface area contributed by atoms with Gasteiger partial charge in [0.05, 0.1) is 6.04 Å². The third-order valence-electron chi connectivity index (χ3n) is 6.70. The molecule has 3 aromatic rings. The van der Waals surface area contributed by atoms with Crippen LogP contribution < -0.4 is 4.74 Å². The van der Waals surface area contributed by atoms with E-state index in [0.29, 0.717) is 18.5 Å². The highest BCUT2D eigenvalue weighted by Gasteiger charge is 2.21. The molecule has 180 valence electrons. The van der Waals surface area contributed by atoms with Crippen molar-refractivity contribution in [1.29, 1.82) is 0 Å². The van der Waals surface area contributed by atoms with Crippen LogP contribution in [0, 0.1) is 0 Å². The Labute approximate surface area is 211 Å². The Morgan fingerprint density at radius 1 is 0.735 bits per heavy atom. The van der Waals surface area contributed by atoms with E-state index < -0.39 is 0 Å². The van der Waals surface area contributed by atoms with Crippen LogP contribution in [0.4, 0.5) is 0 Å². The Kier molecular flexibility index (Phi) is 10.2. The van der Waals surface area contributed by atoms with Crippen molar-refractivity contribution in [2.45, 2.75) is 52.1 Å². The van der Waals surface area contributed by atoms with Gasteiger partial charge in [-0.3, -0.25) is 4.90 Å². The van der Waals surface area contributed by atoms with E-state index in [1.807, 2.05) is 0 Å². The van der Waals surface area contributed by atoms with Gasteiger partial charge in [0.2, 0.25) is 0 Å². The topological polar surface area (TPSA) is 12.5 Å². The van der Waals surface area contributed by atoms with Gasteiger partial charge < -0.3 is 4.74 Å². The molecule has 3 rings (SSSR count). The molecule has 0 aliphatic carbocycles. The fourth-order valence-electron chi connectivity index (χ4n) is 4.63. The van der Waals surface area contributed by atoms with E-state index >= 15 is 0 Å². The summed E-state index contributed by atoms with van der Waals surface area (Å²) in [4.78, 5) is 2.37.